The van der Waals surface area contributed by atoms with Gasteiger partial charge in [0.05, 0.1) is 23.3 Å². The molecule has 0 aliphatic carbocycles. The minimum Gasteiger partial charge on any atom is -0.478 e. The summed E-state index contributed by atoms with van der Waals surface area (Å²) in [6.45, 7) is 4.64. The SMILES string of the molecule is C=c1/c(=C\C=NC)c(NCc2ccccn2)nc2cc(C(=O)O)ccc12. The van der Waals surface area contributed by atoms with Crippen LogP contribution >= 0.6 is 0 Å². The van der Waals surface area contributed by atoms with E-state index in [-0.39, 0.29) is 5.56 Å². The predicted octanol–water partition coefficient (Wildman–Crippen LogP) is 1.83. The lowest BCUT2D eigenvalue weighted by Crippen LogP contribution is -2.29. The van der Waals surface area contributed by atoms with Crippen LogP contribution in [0.25, 0.3) is 23.6 Å². The van der Waals surface area contributed by atoms with E-state index in [0.29, 0.717) is 17.9 Å². The molecule has 0 spiro atoms. The number of carboxylic acid groups (broad SMARTS) is 1. The zero-order valence-electron chi connectivity index (χ0n) is 14.3. The number of rotatable bonds is 5. The maximum Gasteiger partial charge on any atom is 0.335 e. The van der Waals surface area contributed by atoms with E-state index in [1.807, 2.05) is 24.3 Å². The van der Waals surface area contributed by atoms with Crippen molar-refractivity contribution < 1.29 is 9.90 Å². The summed E-state index contributed by atoms with van der Waals surface area (Å²) in [6, 6.07) is 10.5. The van der Waals surface area contributed by atoms with Crippen molar-refractivity contribution in [3.05, 3.63) is 64.3 Å². The number of anilines is 1. The molecule has 2 heterocycles. The van der Waals surface area contributed by atoms with Gasteiger partial charge in [-0.15, -0.1) is 0 Å². The molecule has 3 aromatic rings. The molecule has 6 heteroatoms. The number of nitrogens with zero attached hydrogens (tertiary/aromatic N) is 3. The first kappa shape index (κ1) is 17.3. The zero-order valence-corrected chi connectivity index (χ0v) is 14.3. The molecular weight excluding hydrogens is 328 g/mol. The lowest BCUT2D eigenvalue weighted by Gasteiger charge is -2.09. The Morgan fingerprint density at radius 3 is 2.88 bits per heavy atom. The molecule has 1 aromatic carbocycles. The average molecular weight is 346 g/mol. The van der Waals surface area contributed by atoms with Gasteiger partial charge in [-0.05, 0) is 35.6 Å². The number of hydrogen-bond donors (Lipinski definition) is 2. The van der Waals surface area contributed by atoms with E-state index in [1.54, 1.807) is 37.7 Å². The van der Waals surface area contributed by atoms with Gasteiger partial charge < -0.3 is 10.4 Å². The standard InChI is InChI=1S/C20H18N4O2/c1-13-16-7-6-14(20(25)26)11-18(16)24-19(17(13)8-10-21-2)23-12-15-5-3-4-9-22-15/h3-11H,1,12H2,2H3,(H,23,24)(H,25,26)/b17-8+,21-10?. The predicted molar refractivity (Wildman–Crippen MR) is 104 cm³/mol. The van der Waals surface area contributed by atoms with Crippen LogP contribution in [0.5, 0.6) is 0 Å². The Kier molecular flexibility index (Phi) is 5.03. The van der Waals surface area contributed by atoms with E-state index < -0.39 is 5.97 Å². The van der Waals surface area contributed by atoms with Crippen molar-refractivity contribution in [2.45, 2.75) is 6.54 Å². The molecular formula is C20H18N4O2. The van der Waals surface area contributed by atoms with Gasteiger partial charge in [0, 0.05) is 30.1 Å². The summed E-state index contributed by atoms with van der Waals surface area (Å²) in [7, 11) is 1.69. The second-order valence-corrected chi connectivity index (χ2v) is 5.64. The van der Waals surface area contributed by atoms with Crippen LogP contribution in [0.3, 0.4) is 0 Å². The van der Waals surface area contributed by atoms with Gasteiger partial charge in [0.25, 0.3) is 0 Å². The highest BCUT2D eigenvalue weighted by Crippen LogP contribution is 2.12. The second-order valence-electron chi connectivity index (χ2n) is 5.64. The minimum atomic E-state index is -0.990. The summed E-state index contributed by atoms with van der Waals surface area (Å²) in [5.74, 6) is -0.383. The fraction of sp³-hybridized carbons (Fsp3) is 0.100. The molecule has 0 aliphatic rings. The van der Waals surface area contributed by atoms with Crippen molar-refractivity contribution in [1.82, 2.24) is 9.97 Å². The number of hydrogen-bond acceptors (Lipinski definition) is 5. The molecule has 26 heavy (non-hydrogen) atoms. The molecule has 0 fully saturated rings. The normalized spacial score (nSPS) is 12.0. The minimum absolute atomic E-state index is 0.187. The third kappa shape index (κ3) is 3.59. The van der Waals surface area contributed by atoms with Gasteiger partial charge in [-0.2, -0.15) is 0 Å². The molecule has 0 atom stereocenters. The fourth-order valence-corrected chi connectivity index (χ4v) is 2.62. The maximum absolute atomic E-state index is 11.2. The molecule has 0 aliphatic heterocycles. The summed E-state index contributed by atoms with van der Waals surface area (Å²) in [4.78, 5) is 24.1. The molecule has 6 nitrogen and oxygen atoms in total. The lowest BCUT2D eigenvalue weighted by molar-refractivity contribution is 0.0697. The van der Waals surface area contributed by atoms with Crippen LogP contribution in [0.2, 0.25) is 0 Å². The van der Waals surface area contributed by atoms with E-state index in [0.717, 1.165) is 21.5 Å². The van der Waals surface area contributed by atoms with Gasteiger partial charge in [0.2, 0.25) is 0 Å². The highest BCUT2D eigenvalue weighted by atomic mass is 16.4. The van der Waals surface area contributed by atoms with Gasteiger partial charge >= 0.3 is 5.97 Å². The molecule has 3 rings (SSSR count). The molecule has 0 radical (unpaired) electrons. The van der Waals surface area contributed by atoms with Crippen molar-refractivity contribution in [2.75, 3.05) is 12.4 Å². The van der Waals surface area contributed by atoms with Crippen molar-refractivity contribution in [3.8, 4) is 0 Å². The first-order valence-electron chi connectivity index (χ1n) is 8.02. The molecule has 0 amide bonds. The van der Waals surface area contributed by atoms with E-state index in [2.05, 4.69) is 26.9 Å². The Labute approximate surface area is 150 Å². The zero-order chi connectivity index (χ0) is 18.5. The van der Waals surface area contributed by atoms with Gasteiger partial charge in [-0.25, -0.2) is 9.78 Å². The highest BCUT2D eigenvalue weighted by Gasteiger charge is 2.08. The molecule has 0 saturated carbocycles. The van der Waals surface area contributed by atoms with E-state index in [1.165, 1.54) is 0 Å². The van der Waals surface area contributed by atoms with Crippen molar-refractivity contribution in [2.24, 2.45) is 4.99 Å². The first-order valence-corrected chi connectivity index (χ1v) is 8.02. The molecule has 130 valence electrons. The van der Waals surface area contributed by atoms with Crippen LogP contribution in [0, 0.1) is 0 Å². The number of aromatic carboxylic acids is 1. The molecule has 0 unspecified atom stereocenters. The third-order valence-electron chi connectivity index (χ3n) is 3.94. The molecule has 2 N–H and O–H groups in total. The van der Waals surface area contributed by atoms with Crippen molar-refractivity contribution in [3.63, 3.8) is 0 Å². The summed E-state index contributed by atoms with van der Waals surface area (Å²) in [5, 5.41) is 14.8. The topological polar surface area (TPSA) is 87.5 Å². The Bertz CT molecular complexity index is 1090. The Morgan fingerprint density at radius 2 is 2.19 bits per heavy atom. The number of benzene rings is 1. The molecule has 0 bridgehead atoms. The van der Waals surface area contributed by atoms with Gasteiger partial charge in [-0.1, -0.05) is 18.7 Å². The molecule has 2 aromatic heterocycles. The highest BCUT2D eigenvalue weighted by molar-refractivity contribution is 5.95. The number of fused-ring (bicyclic) bond motifs is 1. The number of aliphatic imine (C=N–C) groups is 1. The van der Waals surface area contributed by atoms with E-state index >= 15 is 0 Å². The first-order chi connectivity index (χ1) is 12.6. The van der Waals surface area contributed by atoms with Crippen molar-refractivity contribution in [1.29, 1.82) is 0 Å². The van der Waals surface area contributed by atoms with Gasteiger partial charge in [0.1, 0.15) is 5.82 Å². The summed E-state index contributed by atoms with van der Waals surface area (Å²) >= 11 is 0. The van der Waals surface area contributed by atoms with Gasteiger partial charge in [-0.3, -0.25) is 9.98 Å². The quantitative estimate of drug-likeness (QED) is 0.688. The third-order valence-corrected chi connectivity index (χ3v) is 3.94. The smallest absolute Gasteiger partial charge is 0.335 e. The number of pyridine rings is 2. The number of carbonyl (C=O) groups is 1. The monoisotopic (exact) mass is 346 g/mol. The van der Waals surface area contributed by atoms with Crippen molar-refractivity contribution >= 4 is 41.6 Å². The van der Waals surface area contributed by atoms with Crippen LogP contribution < -0.4 is 15.8 Å². The fourth-order valence-electron chi connectivity index (χ4n) is 2.62. The Hall–Kier alpha value is -3.54. The van der Waals surface area contributed by atoms with Crippen LogP contribution in [-0.2, 0) is 6.54 Å². The van der Waals surface area contributed by atoms with Crippen LogP contribution in [-0.4, -0.2) is 34.3 Å². The van der Waals surface area contributed by atoms with E-state index in [4.69, 9.17) is 0 Å². The Balaban J connectivity index is 2.14. The van der Waals surface area contributed by atoms with E-state index in [9.17, 15) is 9.90 Å². The summed E-state index contributed by atoms with van der Waals surface area (Å²) in [5.41, 5.74) is 1.63. The van der Waals surface area contributed by atoms with Gasteiger partial charge in [0.15, 0.2) is 0 Å². The number of nitrogens with one attached hydrogen (secondary N) is 1. The Morgan fingerprint density at radius 1 is 1.35 bits per heavy atom. The van der Waals surface area contributed by atoms with Crippen LogP contribution in [0.4, 0.5) is 5.82 Å². The van der Waals surface area contributed by atoms with Crippen LogP contribution in [0.1, 0.15) is 16.1 Å². The summed E-state index contributed by atoms with van der Waals surface area (Å²) in [6.07, 6.45) is 5.24. The second kappa shape index (κ2) is 7.57. The number of aromatic nitrogens is 2. The van der Waals surface area contributed by atoms with Crippen LogP contribution in [0.15, 0.2) is 47.6 Å². The number of carboxylic acids is 1. The maximum atomic E-state index is 11.2. The lowest BCUT2D eigenvalue weighted by atomic mass is 10.1. The summed E-state index contributed by atoms with van der Waals surface area (Å²) < 4.78 is 0. The average Bonchev–Trinajstić information content (AvgIpc) is 2.66. The largest absolute Gasteiger partial charge is 0.478 e. The molecule has 0 saturated heterocycles.